The molecule has 0 aliphatic heterocycles. The Labute approximate surface area is 190 Å². The number of ether oxygens (including phenoxy) is 1. The summed E-state index contributed by atoms with van der Waals surface area (Å²) < 4.78 is 33.1. The van der Waals surface area contributed by atoms with Gasteiger partial charge in [-0.2, -0.15) is 0 Å². The van der Waals surface area contributed by atoms with E-state index in [-0.39, 0.29) is 17.0 Å². The van der Waals surface area contributed by atoms with E-state index in [0.717, 1.165) is 23.8 Å². The first kappa shape index (κ1) is 22.9. The van der Waals surface area contributed by atoms with Crippen molar-refractivity contribution in [1.82, 2.24) is 9.71 Å². The normalized spacial score (nSPS) is 11.1. The van der Waals surface area contributed by atoms with Crippen molar-refractivity contribution in [2.45, 2.75) is 11.4 Å². The number of amides is 1. The summed E-state index contributed by atoms with van der Waals surface area (Å²) in [6.07, 6.45) is 1.50. The summed E-state index contributed by atoms with van der Waals surface area (Å²) in [5, 5.41) is 12.7. The quantitative estimate of drug-likeness (QED) is 0.384. The number of aromatic nitrogens is 1. The highest BCUT2D eigenvalue weighted by Crippen LogP contribution is 2.24. The Hall–Kier alpha value is -2.80. The number of carbonyl (C=O) groups excluding carboxylic acids is 2. The largest absolute Gasteiger partial charge is 0.507 e. The molecule has 1 heterocycles. The topological polar surface area (TPSA) is 135 Å². The number of hydrogen-bond donors (Lipinski definition) is 3. The zero-order valence-electron chi connectivity index (χ0n) is 15.7. The summed E-state index contributed by atoms with van der Waals surface area (Å²) in [5.74, 6) is -2.16. The molecule has 31 heavy (non-hydrogen) atoms. The lowest BCUT2D eigenvalue weighted by molar-refractivity contribution is -0.119. The van der Waals surface area contributed by atoms with Gasteiger partial charge in [0.1, 0.15) is 11.3 Å². The predicted molar refractivity (Wildman–Crippen MR) is 117 cm³/mol. The van der Waals surface area contributed by atoms with Crippen LogP contribution in [0.1, 0.15) is 15.9 Å². The fourth-order valence-electron chi connectivity index (χ4n) is 2.38. The lowest BCUT2D eigenvalue weighted by Gasteiger charge is -2.10. The van der Waals surface area contributed by atoms with Crippen LogP contribution in [0.2, 0.25) is 0 Å². The molecule has 0 saturated carbocycles. The Morgan fingerprint density at radius 1 is 1.16 bits per heavy atom. The second kappa shape index (κ2) is 10.0. The van der Waals surface area contributed by atoms with Gasteiger partial charge in [0, 0.05) is 6.54 Å². The average molecular weight is 526 g/mol. The van der Waals surface area contributed by atoms with Crippen molar-refractivity contribution in [3.8, 4) is 5.75 Å². The van der Waals surface area contributed by atoms with Crippen molar-refractivity contribution in [2.75, 3.05) is 11.9 Å². The molecule has 9 nitrogen and oxygen atoms in total. The van der Waals surface area contributed by atoms with Gasteiger partial charge >= 0.3 is 5.97 Å². The molecule has 0 fully saturated rings. The molecule has 1 amide bonds. The number of esters is 1. The van der Waals surface area contributed by atoms with Crippen molar-refractivity contribution in [2.24, 2.45) is 0 Å². The van der Waals surface area contributed by atoms with Crippen LogP contribution < -0.4 is 10.0 Å². The van der Waals surface area contributed by atoms with Gasteiger partial charge in [0.2, 0.25) is 10.0 Å². The zero-order chi connectivity index (χ0) is 22.4. The number of anilines is 1. The van der Waals surface area contributed by atoms with Crippen molar-refractivity contribution in [3.05, 3.63) is 69.6 Å². The van der Waals surface area contributed by atoms with Gasteiger partial charge in [-0.15, -0.1) is 0 Å². The molecule has 0 aliphatic rings. The first-order valence-corrected chi connectivity index (χ1v) is 11.8. The standard InChI is InChI=1S/C19H16BrN3O6S2/c20-16-10-21-19(30-16)23-17(25)11-29-18(26)14-8-13(6-7-15(14)24)31(27,28)22-9-12-4-2-1-3-5-12/h1-8,10,22,24H,9,11H2,(H,21,23,25). The summed E-state index contributed by atoms with van der Waals surface area (Å²) in [4.78, 5) is 27.9. The molecule has 2 aromatic carbocycles. The van der Waals surface area contributed by atoms with E-state index in [9.17, 15) is 23.1 Å². The van der Waals surface area contributed by atoms with Gasteiger partial charge < -0.3 is 9.84 Å². The van der Waals surface area contributed by atoms with E-state index in [1.807, 2.05) is 6.07 Å². The number of benzene rings is 2. The van der Waals surface area contributed by atoms with Crippen LogP contribution in [0.3, 0.4) is 0 Å². The van der Waals surface area contributed by atoms with E-state index >= 15 is 0 Å². The number of rotatable bonds is 8. The number of phenols is 1. The van der Waals surface area contributed by atoms with Crippen LogP contribution in [0, 0.1) is 0 Å². The van der Waals surface area contributed by atoms with E-state index in [4.69, 9.17) is 4.74 Å². The third-order valence-corrected chi connectivity index (χ3v) is 6.66. The molecule has 0 unspecified atom stereocenters. The van der Waals surface area contributed by atoms with Crippen molar-refractivity contribution in [1.29, 1.82) is 0 Å². The predicted octanol–water partition coefficient (Wildman–Crippen LogP) is 2.89. The molecule has 0 atom stereocenters. The Morgan fingerprint density at radius 2 is 1.90 bits per heavy atom. The molecule has 162 valence electrons. The summed E-state index contributed by atoms with van der Waals surface area (Å²) in [6, 6.07) is 12.1. The molecule has 0 spiro atoms. The molecule has 12 heteroatoms. The first-order chi connectivity index (χ1) is 14.7. The van der Waals surface area contributed by atoms with Crippen molar-refractivity contribution >= 4 is 54.3 Å². The van der Waals surface area contributed by atoms with Crippen LogP contribution in [-0.4, -0.2) is 37.0 Å². The van der Waals surface area contributed by atoms with E-state index in [1.54, 1.807) is 24.3 Å². The van der Waals surface area contributed by atoms with E-state index in [1.165, 1.54) is 17.5 Å². The number of phenolic OH excluding ortho intramolecular Hbond substituents is 1. The van der Waals surface area contributed by atoms with Crippen molar-refractivity contribution < 1.29 is 27.9 Å². The van der Waals surface area contributed by atoms with Crippen LogP contribution in [0.5, 0.6) is 5.75 Å². The number of aromatic hydroxyl groups is 1. The van der Waals surface area contributed by atoms with E-state index in [0.29, 0.717) is 8.92 Å². The molecular formula is C19H16BrN3O6S2. The Bertz CT molecular complexity index is 1200. The van der Waals surface area contributed by atoms with Crippen LogP contribution >= 0.6 is 27.3 Å². The molecule has 0 radical (unpaired) electrons. The number of hydrogen-bond acceptors (Lipinski definition) is 8. The second-order valence-electron chi connectivity index (χ2n) is 6.08. The Kier molecular flexibility index (Phi) is 7.38. The average Bonchev–Trinajstić information content (AvgIpc) is 3.16. The fraction of sp³-hybridized carbons (Fsp3) is 0.105. The van der Waals surface area contributed by atoms with Crippen molar-refractivity contribution in [3.63, 3.8) is 0 Å². The minimum Gasteiger partial charge on any atom is -0.507 e. The molecule has 3 N–H and O–H groups in total. The number of halogens is 1. The lowest BCUT2D eigenvalue weighted by atomic mass is 10.2. The van der Waals surface area contributed by atoms with Gasteiger partial charge in [-0.3, -0.25) is 10.1 Å². The molecular weight excluding hydrogens is 510 g/mol. The summed E-state index contributed by atoms with van der Waals surface area (Å²) in [6.45, 7) is -0.588. The molecule has 0 saturated heterocycles. The fourth-order valence-corrected chi connectivity index (χ4v) is 4.55. The number of carbonyl (C=O) groups is 2. The van der Waals surface area contributed by atoms with Gasteiger partial charge in [-0.1, -0.05) is 41.7 Å². The minimum absolute atomic E-state index is 0.0525. The third-order valence-electron chi connectivity index (χ3n) is 3.87. The second-order valence-corrected chi connectivity index (χ2v) is 10.3. The Morgan fingerprint density at radius 3 is 2.58 bits per heavy atom. The first-order valence-electron chi connectivity index (χ1n) is 8.69. The highest BCUT2D eigenvalue weighted by molar-refractivity contribution is 9.11. The molecule has 1 aromatic heterocycles. The monoisotopic (exact) mass is 525 g/mol. The minimum atomic E-state index is -3.96. The maximum atomic E-state index is 12.5. The van der Waals surface area contributed by atoms with Crippen LogP contribution in [0.25, 0.3) is 0 Å². The lowest BCUT2D eigenvalue weighted by Crippen LogP contribution is -2.24. The van der Waals surface area contributed by atoms with Crippen LogP contribution in [-0.2, 0) is 26.1 Å². The number of thiazole rings is 1. The smallest absolute Gasteiger partial charge is 0.342 e. The number of sulfonamides is 1. The van der Waals surface area contributed by atoms with Gasteiger partial charge in [-0.05, 0) is 39.7 Å². The number of nitrogens with one attached hydrogen (secondary N) is 2. The molecule has 0 bridgehead atoms. The van der Waals surface area contributed by atoms with E-state index in [2.05, 4.69) is 31.0 Å². The summed E-state index contributed by atoms with van der Waals surface area (Å²) in [5.41, 5.74) is 0.370. The van der Waals surface area contributed by atoms with Crippen LogP contribution in [0.15, 0.2) is 63.4 Å². The zero-order valence-corrected chi connectivity index (χ0v) is 19.0. The molecule has 3 aromatic rings. The highest BCUT2D eigenvalue weighted by Gasteiger charge is 2.21. The maximum Gasteiger partial charge on any atom is 0.342 e. The maximum absolute atomic E-state index is 12.5. The van der Waals surface area contributed by atoms with Gasteiger partial charge in [0.15, 0.2) is 11.7 Å². The SMILES string of the molecule is O=C(COC(=O)c1cc(S(=O)(=O)NCc2ccccc2)ccc1O)Nc1ncc(Br)s1. The highest BCUT2D eigenvalue weighted by atomic mass is 79.9. The molecule has 0 aliphatic carbocycles. The summed E-state index contributed by atoms with van der Waals surface area (Å²) in [7, 11) is -3.96. The van der Waals surface area contributed by atoms with Gasteiger partial charge in [0.05, 0.1) is 14.9 Å². The Balaban J connectivity index is 1.65. The number of nitrogens with zero attached hydrogens (tertiary/aromatic N) is 1. The third kappa shape index (κ3) is 6.34. The van der Waals surface area contributed by atoms with E-state index < -0.39 is 34.3 Å². The van der Waals surface area contributed by atoms with Gasteiger partial charge in [0.25, 0.3) is 5.91 Å². The van der Waals surface area contributed by atoms with Gasteiger partial charge in [-0.25, -0.2) is 22.9 Å². The van der Waals surface area contributed by atoms with Crippen LogP contribution in [0.4, 0.5) is 5.13 Å². The summed E-state index contributed by atoms with van der Waals surface area (Å²) >= 11 is 4.38. The molecule has 3 rings (SSSR count).